The number of aryl methyl sites for hydroxylation is 1. The van der Waals surface area contributed by atoms with Crippen LogP contribution >= 0.6 is 27.3 Å². The Kier molecular flexibility index (Phi) is 3.83. The van der Waals surface area contributed by atoms with E-state index in [0.717, 1.165) is 34.7 Å². The predicted octanol–water partition coefficient (Wildman–Crippen LogP) is 3.28. The fourth-order valence-electron chi connectivity index (χ4n) is 1.89. The van der Waals surface area contributed by atoms with Crippen molar-refractivity contribution in [3.63, 3.8) is 0 Å². The van der Waals surface area contributed by atoms with Crippen LogP contribution in [0.5, 0.6) is 0 Å². The zero-order valence-corrected chi connectivity index (χ0v) is 11.1. The van der Waals surface area contributed by atoms with Gasteiger partial charge in [0.15, 0.2) is 0 Å². The molecule has 1 atom stereocenters. The number of hydrogen-bond donors (Lipinski definition) is 1. The first kappa shape index (κ1) is 11.6. The molecule has 2 heterocycles. The van der Waals surface area contributed by atoms with Crippen LogP contribution in [-0.4, -0.2) is 18.3 Å². The van der Waals surface area contributed by atoms with Gasteiger partial charge in [0, 0.05) is 18.1 Å². The summed E-state index contributed by atoms with van der Waals surface area (Å²) in [6.07, 6.45) is 1.62. The average Bonchev–Trinajstić information content (AvgIpc) is 2.59. The van der Waals surface area contributed by atoms with Crippen LogP contribution in [0, 0.1) is 12.8 Å². The Labute approximate surface area is 102 Å². The third-order valence-electron chi connectivity index (χ3n) is 2.88. The van der Waals surface area contributed by atoms with Crippen LogP contribution in [0.3, 0.4) is 0 Å². The van der Waals surface area contributed by atoms with Gasteiger partial charge in [0.25, 0.3) is 0 Å². The lowest BCUT2D eigenvalue weighted by molar-refractivity contribution is 0.00852. The maximum Gasteiger partial charge on any atom is 0.0912 e. The van der Waals surface area contributed by atoms with Gasteiger partial charge >= 0.3 is 0 Å². The fraction of sp³-hybridized carbons (Fsp3) is 0.636. The van der Waals surface area contributed by atoms with Crippen molar-refractivity contribution in [2.24, 2.45) is 5.92 Å². The minimum atomic E-state index is -0.316. The highest BCUT2D eigenvalue weighted by atomic mass is 79.9. The number of hydrogen-bond acceptors (Lipinski definition) is 3. The van der Waals surface area contributed by atoms with E-state index in [9.17, 15) is 5.11 Å². The number of ether oxygens (including phenoxy) is 1. The SMILES string of the molecule is Cc1cc(C(O)C2CCOCC2)sc1Br. The molecule has 4 heteroatoms. The molecular weight excluding hydrogens is 276 g/mol. The molecule has 84 valence electrons. The van der Waals surface area contributed by atoms with Gasteiger partial charge in [-0.1, -0.05) is 0 Å². The highest BCUT2D eigenvalue weighted by Gasteiger charge is 2.25. The molecule has 1 fully saturated rings. The second kappa shape index (κ2) is 4.95. The topological polar surface area (TPSA) is 29.5 Å². The minimum absolute atomic E-state index is 0.316. The van der Waals surface area contributed by atoms with Crippen molar-refractivity contribution in [1.29, 1.82) is 0 Å². The van der Waals surface area contributed by atoms with Crippen LogP contribution in [0.25, 0.3) is 0 Å². The lowest BCUT2D eigenvalue weighted by Gasteiger charge is -2.25. The predicted molar refractivity (Wildman–Crippen MR) is 65.3 cm³/mol. The van der Waals surface area contributed by atoms with E-state index in [4.69, 9.17) is 4.74 Å². The summed E-state index contributed by atoms with van der Waals surface area (Å²) in [5.74, 6) is 0.365. The van der Waals surface area contributed by atoms with Gasteiger partial charge in [0.1, 0.15) is 0 Å². The molecule has 1 saturated heterocycles. The summed E-state index contributed by atoms with van der Waals surface area (Å²) in [6, 6.07) is 2.08. The molecule has 1 N–H and O–H groups in total. The van der Waals surface area contributed by atoms with E-state index >= 15 is 0 Å². The molecule has 2 rings (SSSR count). The zero-order chi connectivity index (χ0) is 10.8. The lowest BCUT2D eigenvalue weighted by atomic mass is 9.93. The first-order chi connectivity index (χ1) is 7.18. The van der Waals surface area contributed by atoms with Crippen LogP contribution in [0.15, 0.2) is 9.85 Å². The third kappa shape index (κ3) is 2.61. The number of aliphatic hydroxyl groups is 1. The Hall–Kier alpha value is 0.100. The second-order valence-electron chi connectivity index (χ2n) is 4.00. The molecule has 0 aromatic carbocycles. The lowest BCUT2D eigenvalue weighted by Crippen LogP contribution is -2.21. The van der Waals surface area contributed by atoms with E-state index in [-0.39, 0.29) is 6.10 Å². The zero-order valence-electron chi connectivity index (χ0n) is 8.70. The molecular formula is C11H15BrO2S. The van der Waals surface area contributed by atoms with Gasteiger partial charge in [-0.3, -0.25) is 0 Å². The average molecular weight is 291 g/mol. The Morgan fingerprint density at radius 3 is 2.73 bits per heavy atom. The molecule has 0 aliphatic carbocycles. The van der Waals surface area contributed by atoms with E-state index in [1.165, 1.54) is 5.56 Å². The van der Waals surface area contributed by atoms with Gasteiger partial charge in [-0.25, -0.2) is 0 Å². The van der Waals surface area contributed by atoms with E-state index < -0.39 is 0 Å². The second-order valence-corrected chi connectivity index (χ2v) is 6.40. The molecule has 1 aliphatic rings. The van der Waals surface area contributed by atoms with Gasteiger partial charge in [0.2, 0.25) is 0 Å². The van der Waals surface area contributed by atoms with Crippen molar-refractivity contribution >= 4 is 27.3 Å². The van der Waals surface area contributed by atoms with Crippen LogP contribution in [0.4, 0.5) is 0 Å². The number of aliphatic hydroxyl groups excluding tert-OH is 1. The normalized spacial score (nSPS) is 20.5. The summed E-state index contributed by atoms with van der Waals surface area (Å²) in [5, 5.41) is 10.2. The van der Waals surface area contributed by atoms with Gasteiger partial charge < -0.3 is 9.84 Å². The van der Waals surface area contributed by atoms with E-state index in [1.807, 2.05) is 0 Å². The monoisotopic (exact) mass is 290 g/mol. The largest absolute Gasteiger partial charge is 0.387 e. The summed E-state index contributed by atoms with van der Waals surface area (Å²) in [7, 11) is 0. The molecule has 1 aromatic heterocycles. The maximum absolute atomic E-state index is 10.2. The molecule has 2 nitrogen and oxygen atoms in total. The summed E-state index contributed by atoms with van der Waals surface area (Å²) >= 11 is 5.13. The molecule has 0 spiro atoms. The van der Waals surface area contributed by atoms with Gasteiger partial charge in [-0.15, -0.1) is 11.3 Å². The first-order valence-electron chi connectivity index (χ1n) is 5.20. The van der Waals surface area contributed by atoms with Crippen molar-refractivity contribution in [3.05, 3.63) is 20.3 Å². The Balaban J connectivity index is 2.08. The first-order valence-corrected chi connectivity index (χ1v) is 6.81. The molecule has 15 heavy (non-hydrogen) atoms. The van der Waals surface area contributed by atoms with Gasteiger partial charge in [-0.05, 0) is 53.2 Å². The van der Waals surface area contributed by atoms with Gasteiger partial charge in [0.05, 0.1) is 9.89 Å². The summed E-state index contributed by atoms with van der Waals surface area (Å²) in [5.41, 5.74) is 1.21. The van der Waals surface area contributed by atoms with E-state index in [1.54, 1.807) is 11.3 Å². The highest BCUT2D eigenvalue weighted by molar-refractivity contribution is 9.11. The summed E-state index contributed by atoms with van der Waals surface area (Å²) in [4.78, 5) is 1.08. The quantitative estimate of drug-likeness (QED) is 0.906. The molecule has 0 radical (unpaired) electrons. The Bertz CT molecular complexity index is 312. The molecule has 0 bridgehead atoms. The Morgan fingerprint density at radius 2 is 2.20 bits per heavy atom. The third-order valence-corrected chi connectivity index (χ3v) is 5.09. The van der Waals surface area contributed by atoms with Crippen LogP contribution in [-0.2, 0) is 4.74 Å². The van der Waals surface area contributed by atoms with Crippen molar-refractivity contribution in [2.75, 3.05) is 13.2 Å². The van der Waals surface area contributed by atoms with Crippen LogP contribution in [0.2, 0.25) is 0 Å². The summed E-state index contributed by atoms with van der Waals surface area (Å²) < 4.78 is 6.43. The van der Waals surface area contributed by atoms with E-state index in [0.29, 0.717) is 5.92 Å². The minimum Gasteiger partial charge on any atom is -0.387 e. The van der Waals surface area contributed by atoms with Gasteiger partial charge in [-0.2, -0.15) is 0 Å². The Morgan fingerprint density at radius 1 is 1.53 bits per heavy atom. The standard InChI is InChI=1S/C11H15BrO2S/c1-7-6-9(15-11(7)12)10(13)8-2-4-14-5-3-8/h6,8,10,13H,2-5H2,1H3. The van der Waals surface area contributed by atoms with Crippen molar-refractivity contribution in [3.8, 4) is 0 Å². The molecule has 1 aliphatic heterocycles. The summed E-state index contributed by atoms with van der Waals surface area (Å²) in [6.45, 7) is 3.63. The molecule has 1 unspecified atom stereocenters. The number of rotatable bonds is 2. The van der Waals surface area contributed by atoms with Crippen molar-refractivity contribution in [1.82, 2.24) is 0 Å². The highest BCUT2D eigenvalue weighted by Crippen LogP contribution is 2.37. The molecule has 0 saturated carbocycles. The number of thiophene rings is 1. The fourth-order valence-corrected chi connectivity index (χ4v) is 3.54. The van der Waals surface area contributed by atoms with Crippen molar-refractivity contribution < 1.29 is 9.84 Å². The van der Waals surface area contributed by atoms with Crippen LogP contribution < -0.4 is 0 Å². The molecule has 1 aromatic rings. The van der Waals surface area contributed by atoms with E-state index in [2.05, 4.69) is 28.9 Å². The molecule has 0 amide bonds. The maximum atomic E-state index is 10.2. The van der Waals surface area contributed by atoms with Crippen molar-refractivity contribution in [2.45, 2.75) is 25.9 Å². The smallest absolute Gasteiger partial charge is 0.0912 e. The van der Waals surface area contributed by atoms with Crippen LogP contribution in [0.1, 0.15) is 29.4 Å². The number of halogens is 1.